The van der Waals surface area contributed by atoms with Crippen molar-refractivity contribution in [2.75, 3.05) is 26.2 Å². The summed E-state index contributed by atoms with van der Waals surface area (Å²) < 4.78 is 0. The summed E-state index contributed by atoms with van der Waals surface area (Å²) in [6.07, 6.45) is 7.33. The fourth-order valence-corrected chi connectivity index (χ4v) is 3.20. The summed E-state index contributed by atoms with van der Waals surface area (Å²) in [4.78, 5) is 2.67. The predicted octanol–water partition coefficient (Wildman–Crippen LogP) is 2.78. The van der Waals surface area contributed by atoms with Crippen LogP contribution in [0.4, 0.5) is 0 Å². The van der Waals surface area contributed by atoms with Gasteiger partial charge in [0.2, 0.25) is 0 Å². The standard InChI is InChI=1S/C16H29N3/c1-14(2)11-18-12-15-5-3-4-10-19(15)13-16(6-7-16)8-9-17/h14-15,18H,3-8,10-13H2,1-2H3. The van der Waals surface area contributed by atoms with Crippen LogP contribution in [0.3, 0.4) is 0 Å². The van der Waals surface area contributed by atoms with Gasteiger partial charge in [0.25, 0.3) is 0 Å². The molecule has 1 atom stereocenters. The average Bonchev–Trinajstić information content (AvgIpc) is 3.11. The molecule has 0 amide bonds. The monoisotopic (exact) mass is 263 g/mol. The minimum absolute atomic E-state index is 0.363. The lowest BCUT2D eigenvalue weighted by molar-refractivity contribution is 0.117. The van der Waals surface area contributed by atoms with Gasteiger partial charge in [-0.25, -0.2) is 0 Å². The minimum Gasteiger partial charge on any atom is -0.315 e. The molecule has 1 saturated carbocycles. The Morgan fingerprint density at radius 2 is 2.16 bits per heavy atom. The second-order valence-corrected chi connectivity index (χ2v) is 7.01. The summed E-state index contributed by atoms with van der Waals surface area (Å²) in [6, 6.07) is 3.09. The molecule has 0 aromatic heterocycles. The summed E-state index contributed by atoms with van der Waals surface area (Å²) >= 11 is 0. The van der Waals surface area contributed by atoms with Crippen LogP contribution in [-0.4, -0.2) is 37.1 Å². The van der Waals surface area contributed by atoms with Gasteiger partial charge in [-0.1, -0.05) is 20.3 Å². The van der Waals surface area contributed by atoms with Crippen LogP contribution in [0.25, 0.3) is 0 Å². The quantitative estimate of drug-likeness (QED) is 0.767. The first-order valence-corrected chi connectivity index (χ1v) is 7.97. The van der Waals surface area contributed by atoms with Gasteiger partial charge in [-0.05, 0) is 50.1 Å². The number of rotatable bonds is 7. The second kappa shape index (κ2) is 6.72. The Morgan fingerprint density at radius 1 is 1.37 bits per heavy atom. The highest BCUT2D eigenvalue weighted by Crippen LogP contribution is 2.49. The van der Waals surface area contributed by atoms with Gasteiger partial charge < -0.3 is 5.32 Å². The average molecular weight is 263 g/mol. The molecule has 0 radical (unpaired) electrons. The molecular formula is C16H29N3. The van der Waals surface area contributed by atoms with E-state index in [2.05, 4.69) is 30.1 Å². The van der Waals surface area contributed by atoms with Crippen molar-refractivity contribution in [2.45, 2.75) is 58.4 Å². The van der Waals surface area contributed by atoms with Crippen LogP contribution in [-0.2, 0) is 0 Å². The van der Waals surface area contributed by atoms with Gasteiger partial charge in [-0.15, -0.1) is 0 Å². The van der Waals surface area contributed by atoms with E-state index in [0.29, 0.717) is 11.5 Å². The molecule has 1 aliphatic heterocycles. The lowest BCUT2D eigenvalue weighted by Gasteiger charge is -2.38. The molecule has 1 aliphatic carbocycles. The van der Waals surface area contributed by atoms with Crippen LogP contribution in [0.1, 0.15) is 52.4 Å². The molecule has 0 bridgehead atoms. The normalized spacial score (nSPS) is 26.3. The molecule has 1 N–H and O–H groups in total. The largest absolute Gasteiger partial charge is 0.315 e. The van der Waals surface area contributed by atoms with Crippen molar-refractivity contribution in [3.63, 3.8) is 0 Å². The van der Waals surface area contributed by atoms with Crippen LogP contribution in [0.15, 0.2) is 0 Å². The Kier molecular flexibility index (Phi) is 5.24. The van der Waals surface area contributed by atoms with Gasteiger partial charge in [0, 0.05) is 25.6 Å². The van der Waals surface area contributed by atoms with Crippen molar-refractivity contribution in [1.82, 2.24) is 10.2 Å². The van der Waals surface area contributed by atoms with E-state index in [9.17, 15) is 0 Å². The number of hydrogen-bond acceptors (Lipinski definition) is 3. The second-order valence-electron chi connectivity index (χ2n) is 7.01. The van der Waals surface area contributed by atoms with Crippen LogP contribution in [0.5, 0.6) is 0 Å². The number of nitrogens with one attached hydrogen (secondary N) is 1. The highest BCUT2D eigenvalue weighted by molar-refractivity contribution is 5.02. The number of piperidine rings is 1. The predicted molar refractivity (Wildman–Crippen MR) is 78.8 cm³/mol. The van der Waals surface area contributed by atoms with Gasteiger partial charge in [0.05, 0.1) is 6.07 Å². The van der Waals surface area contributed by atoms with E-state index in [0.717, 1.165) is 32.0 Å². The third-order valence-electron chi connectivity index (χ3n) is 4.63. The maximum atomic E-state index is 8.96. The number of nitriles is 1. The molecule has 3 heteroatoms. The third-order valence-corrected chi connectivity index (χ3v) is 4.63. The molecule has 3 nitrogen and oxygen atoms in total. The van der Waals surface area contributed by atoms with Crippen LogP contribution >= 0.6 is 0 Å². The molecule has 2 fully saturated rings. The molecule has 2 aliphatic rings. The van der Waals surface area contributed by atoms with Crippen LogP contribution in [0.2, 0.25) is 0 Å². The summed E-state index contributed by atoms with van der Waals surface area (Å²) in [5, 5.41) is 12.6. The Hall–Kier alpha value is -0.590. The molecule has 2 rings (SSSR count). The highest BCUT2D eigenvalue weighted by Gasteiger charge is 2.44. The fraction of sp³-hybridized carbons (Fsp3) is 0.938. The number of hydrogen-bond donors (Lipinski definition) is 1. The van der Waals surface area contributed by atoms with E-state index in [1.54, 1.807) is 0 Å². The Morgan fingerprint density at radius 3 is 2.79 bits per heavy atom. The first-order valence-electron chi connectivity index (χ1n) is 7.97. The highest BCUT2D eigenvalue weighted by atomic mass is 15.2. The molecule has 1 heterocycles. The fourth-order valence-electron chi connectivity index (χ4n) is 3.20. The van der Waals surface area contributed by atoms with E-state index in [1.165, 1.54) is 38.6 Å². The van der Waals surface area contributed by atoms with Gasteiger partial charge in [0.1, 0.15) is 0 Å². The zero-order chi connectivity index (χ0) is 13.7. The third kappa shape index (κ3) is 4.47. The molecule has 0 spiro atoms. The minimum atomic E-state index is 0.363. The molecular weight excluding hydrogens is 234 g/mol. The Balaban J connectivity index is 1.80. The van der Waals surface area contributed by atoms with E-state index < -0.39 is 0 Å². The van der Waals surface area contributed by atoms with E-state index in [4.69, 9.17) is 5.26 Å². The summed E-state index contributed by atoms with van der Waals surface area (Å²) in [7, 11) is 0. The van der Waals surface area contributed by atoms with E-state index in [-0.39, 0.29) is 0 Å². The molecule has 19 heavy (non-hydrogen) atoms. The van der Waals surface area contributed by atoms with Crippen LogP contribution in [0, 0.1) is 22.7 Å². The van der Waals surface area contributed by atoms with Crippen LogP contribution < -0.4 is 5.32 Å². The molecule has 1 saturated heterocycles. The summed E-state index contributed by atoms with van der Waals surface area (Å²) in [6.45, 7) is 9.17. The molecule has 0 aromatic rings. The lowest BCUT2D eigenvalue weighted by atomic mass is 9.96. The van der Waals surface area contributed by atoms with Gasteiger partial charge in [0.15, 0.2) is 0 Å². The molecule has 108 valence electrons. The van der Waals surface area contributed by atoms with Crippen molar-refractivity contribution in [1.29, 1.82) is 5.26 Å². The van der Waals surface area contributed by atoms with E-state index in [1.807, 2.05) is 0 Å². The van der Waals surface area contributed by atoms with Crippen molar-refractivity contribution in [3.8, 4) is 6.07 Å². The topological polar surface area (TPSA) is 39.1 Å². The van der Waals surface area contributed by atoms with Crippen molar-refractivity contribution in [2.24, 2.45) is 11.3 Å². The Bertz CT molecular complexity index is 314. The smallest absolute Gasteiger partial charge is 0.0628 e. The SMILES string of the molecule is CC(C)CNCC1CCCCN1CC1(CC#N)CC1. The number of likely N-dealkylation sites (tertiary alicyclic amines) is 1. The molecule has 1 unspecified atom stereocenters. The zero-order valence-corrected chi connectivity index (χ0v) is 12.6. The summed E-state index contributed by atoms with van der Waals surface area (Å²) in [5.74, 6) is 0.727. The van der Waals surface area contributed by atoms with Crippen molar-refractivity contribution in [3.05, 3.63) is 0 Å². The lowest BCUT2D eigenvalue weighted by Crippen LogP contribution is -2.48. The van der Waals surface area contributed by atoms with E-state index >= 15 is 0 Å². The summed E-state index contributed by atoms with van der Waals surface area (Å²) in [5.41, 5.74) is 0.363. The van der Waals surface area contributed by atoms with Gasteiger partial charge >= 0.3 is 0 Å². The maximum absolute atomic E-state index is 8.96. The zero-order valence-electron chi connectivity index (χ0n) is 12.6. The number of nitrogens with zero attached hydrogens (tertiary/aromatic N) is 2. The van der Waals surface area contributed by atoms with Crippen molar-refractivity contribution < 1.29 is 0 Å². The van der Waals surface area contributed by atoms with Crippen molar-refractivity contribution >= 4 is 0 Å². The van der Waals surface area contributed by atoms with Gasteiger partial charge in [-0.3, -0.25) is 4.90 Å². The first kappa shape index (κ1) is 14.8. The van der Waals surface area contributed by atoms with Gasteiger partial charge in [-0.2, -0.15) is 5.26 Å². The molecule has 0 aromatic carbocycles. The maximum Gasteiger partial charge on any atom is 0.0628 e. The Labute approximate surface area is 118 Å². The first-order chi connectivity index (χ1) is 9.15.